The Morgan fingerprint density at radius 1 is 1.30 bits per heavy atom. The number of alkyl halides is 3. The Bertz CT molecular complexity index is 852. The predicted octanol–water partition coefficient (Wildman–Crippen LogP) is 3.79. The van der Waals surface area contributed by atoms with Crippen molar-refractivity contribution in [2.75, 3.05) is 5.32 Å². The van der Waals surface area contributed by atoms with Crippen LogP contribution >= 0.6 is 11.3 Å². The van der Waals surface area contributed by atoms with Crippen LogP contribution in [0, 0.1) is 0 Å². The van der Waals surface area contributed by atoms with E-state index in [0.717, 1.165) is 22.5 Å². The van der Waals surface area contributed by atoms with Gasteiger partial charge in [0.15, 0.2) is 0 Å². The number of carbonyl (C=O) groups excluding carboxylic acids is 1. The second-order valence-electron chi connectivity index (χ2n) is 4.66. The molecule has 9 heteroatoms. The minimum Gasteiger partial charge on any atom is -0.406 e. The number of thiazole rings is 1. The average molecular weight is 341 g/mol. The Morgan fingerprint density at radius 2 is 2.00 bits per heavy atom. The number of nitrogens with zero attached hydrogens (tertiary/aromatic N) is 2. The number of hydrogen-bond donors (Lipinski definition) is 1. The summed E-state index contributed by atoms with van der Waals surface area (Å²) in [5.41, 5.74) is 3.18. The molecule has 0 radical (unpaired) electrons. The molecule has 3 rings (SSSR count). The molecular weight excluding hydrogens is 331 g/mol. The molecule has 0 saturated carbocycles. The van der Waals surface area contributed by atoms with Crippen LogP contribution < -0.4 is 10.1 Å². The number of fused-ring (bicyclic) bond motifs is 1. The van der Waals surface area contributed by atoms with Crippen molar-refractivity contribution in [2.24, 2.45) is 7.05 Å². The van der Waals surface area contributed by atoms with E-state index in [4.69, 9.17) is 0 Å². The van der Waals surface area contributed by atoms with E-state index in [1.165, 1.54) is 23.5 Å². The number of anilines is 1. The molecule has 0 aliphatic rings. The van der Waals surface area contributed by atoms with Crippen LogP contribution in [0.5, 0.6) is 5.75 Å². The van der Waals surface area contributed by atoms with Gasteiger partial charge < -0.3 is 14.6 Å². The highest BCUT2D eigenvalue weighted by molar-refractivity contribution is 7.16. The Labute approximate surface area is 132 Å². The quantitative estimate of drug-likeness (QED) is 0.789. The summed E-state index contributed by atoms with van der Waals surface area (Å²) in [7, 11) is 1.75. The van der Waals surface area contributed by atoms with Gasteiger partial charge in [0.05, 0.1) is 5.51 Å². The fourth-order valence-electron chi connectivity index (χ4n) is 2.09. The number of hydrogen-bond acceptors (Lipinski definition) is 4. The van der Waals surface area contributed by atoms with Crippen molar-refractivity contribution in [1.29, 1.82) is 0 Å². The summed E-state index contributed by atoms with van der Waals surface area (Å²) in [6.07, 6.45) is -4.74. The second kappa shape index (κ2) is 5.58. The van der Waals surface area contributed by atoms with Crippen LogP contribution in [0.2, 0.25) is 0 Å². The molecule has 120 valence electrons. The van der Waals surface area contributed by atoms with Crippen molar-refractivity contribution in [2.45, 2.75) is 6.36 Å². The maximum absolute atomic E-state index is 12.2. The number of benzene rings is 1. The van der Waals surface area contributed by atoms with Crippen molar-refractivity contribution >= 4 is 33.3 Å². The van der Waals surface area contributed by atoms with E-state index < -0.39 is 6.36 Å². The van der Waals surface area contributed by atoms with Crippen LogP contribution in [0.4, 0.5) is 18.9 Å². The Balaban J connectivity index is 1.75. The molecule has 2 heterocycles. The van der Waals surface area contributed by atoms with E-state index in [2.05, 4.69) is 15.0 Å². The number of aromatic nitrogens is 2. The van der Waals surface area contributed by atoms with E-state index in [0.29, 0.717) is 11.4 Å². The summed E-state index contributed by atoms with van der Waals surface area (Å²) >= 11 is 1.41. The van der Waals surface area contributed by atoms with Crippen molar-refractivity contribution < 1.29 is 22.7 Å². The molecule has 0 spiro atoms. The van der Waals surface area contributed by atoms with Crippen LogP contribution in [0.15, 0.2) is 35.8 Å². The van der Waals surface area contributed by atoms with Gasteiger partial charge in [-0.2, -0.15) is 0 Å². The largest absolute Gasteiger partial charge is 0.573 e. The topological polar surface area (TPSA) is 56.2 Å². The normalized spacial score (nSPS) is 11.7. The summed E-state index contributed by atoms with van der Waals surface area (Å²) in [6, 6.07) is 6.59. The van der Waals surface area contributed by atoms with Gasteiger partial charge in [0.25, 0.3) is 5.91 Å². The summed E-state index contributed by atoms with van der Waals surface area (Å²) in [4.78, 5) is 17.2. The zero-order chi connectivity index (χ0) is 16.6. The van der Waals surface area contributed by atoms with Gasteiger partial charge in [-0.1, -0.05) is 0 Å². The predicted molar refractivity (Wildman–Crippen MR) is 79.7 cm³/mol. The van der Waals surface area contributed by atoms with Crippen molar-refractivity contribution in [3.05, 3.63) is 41.5 Å². The zero-order valence-electron chi connectivity index (χ0n) is 11.7. The number of aryl methyl sites for hydroxylation is 1. The molecule has 5 nitrogen and oxygen atoms in total. The van der Waals surface area contributed by atoms with Crippen LogP contribution in [0.25, 0.3) is 10.3 Å². The second-order valence-corrected chi connectivity index (χ2v) is 5.49. The SMILES string of the molecule is Cn1c(C(=O)Nc2ccc(OC(F)(F)F)cc2)cc2ncsc21. The molecule has 0 bridgehead atoms. The number of rotatable bonds is 3. The highest BCUT2D eigenvalue weighted by Crippen LogP contribution is 2.25. The van der Waals surface area contributed by atoms with Crippen LogP contribution in [-0.4, -0.2) is 21.8 Å². The molecule has 0 fully saturated rings. The standard InChI is InChI=1S/C14H10F3N3O2S/c1-20-11(6-10-13(20)23-7-18-10)12(21)19-8-2-4-9(5-3-8)22-14(15,16)17/h2-7H,1H3,(H,19,21). The fraction of sp³-hybridized carbons (Fsp3) is 0.143. The van der Waals surface area contributed by atoms with E-state index >= 15 is 0 Å². The molecule has 0 saturated heterocycles. The van der Waals surface area contributed by atoms with Gasteiger partial charge in [-0.05, 0) is 30.3 Å². The van der Waals surface area contributed by atoms with E-state index in [1.54, 1.807) is 23.2 Å². The average Bonchev–Trinajstić information content (AvgIpc) is 3.03. The molecule has 3 aromatic rings. The minimum atomic E-state index is -4.74. The first-order chi connectivity index (χ1) is 10.8. The van der Waals surface area contributed by atoms with Gasteiger partial charge in [0.2, 0.25) is 0 Å². The molecule has 1 N–H and O–H groups in total. The number of amides is 1. The van der Waals surface area contributed by atoms with Crippen molar-refractivity contribution in [3.63, 3.8) is 0 Å². The molecule has 0 unspecified atom stereocenters. The van der Waals surface area contributed by atoms with E-state index in [-0.39, 0.29) is 11.7 Å². The van der Waals surface area contributed by atoms with Gasteiger partial charge in [0, 0.05) is 12.7 Å². The summed E-state index contributed by atoms with van der Waals surface area (Å²) in [5, 5.41) is 2.62. The fourth-order valence-corrected chi connectivity index (χ4v) is 2.84. The number of halogens is 3. The molecule has 0 aliphatic carbocycles. The molecule has 2 aromatic heterocycles. The Kier molecular flexibility index (Phi) is 3.72. The third kappa shape index (κ3) is 3.29. The first-order valence-corrected chi connectivity index (χ1v) is 7.27. The molecular formula is C14H10F3N3O2S. The van der Waals surface area contributed by atoms with Crippen molar-refractivity contribution in [1.82, 2.24) is 9.55 Å². The summed E-state index contributed by atoms with van der Waals surface area (Å²) in [5.74, 6) is -0.721. The number of ether oxygens (including phenoxy) is 1. The van der Waals surface area contributed by atoms with Crippen molar-refractivity contribution in [3.8, 4) is 5.75 Å². The van der Waals surface area contributed by atoms with Gasteiger partial charge in [0.1, 0.15) is 21.8 Å². The van der Waals surface area contributed by atoms with Crippen LogP contribution in [-0.2, 0) is 7.05 Å². The lowest BCUT2D eigenvalue weighted by Gasteiger charge is -2.10. The molecule has 1 amide bonds. The lowest BCUT2D eigenvalue weighted by molar-refractivity contribution is -0.274. The lowest BCUT2D eigenvalue weighted by atomic mass is 10.3. The first-order valence-electron chi connectivity index (χ1n) is 6.39. The Hall–Kier alpha value is -2.55. The third-order valence-electron chi connectivity index (χ3n) is 3.09. The summed E-state index contributed by atoms with van der Waals surface area (Å²) in [6.45, 7) is 0. The maximum Gasteiger partial charge on any atom is 0.573 e. The maximum atomic E-state index is 12.2. The lowest BCUT2D eigenvalue weighted by Crippen LogP contribution is -2.17. The van der Waals surface area contributed by atoms with Crippen LogP contribution in [0.3, 0.4) is 0 Å². The van der Waals surface area contributed by atoms with Crippen LogP contribution in [0.1, 0.15) is 10.5 Å². The van der Waals surface area contributed by atoms with E-state index in [1.807, 2.05) is 0 Å². The molecule has 0 aliphatic heterocycles. The molecule has 1 aromatic carbocycles. The van der Waals surface area contributed by atoms with Gasteiger partial charge in [-0.25, -0.2) is 4.98 Å². The minimum absolute atomic E-state index is 0.348. The number of carbonyl (C=O) groups is 1. The third-order valence-corrected chi connectivity index (χ3v) is 4.01. The van der Waals surface area contributed by atoms with Gasteiger partial charge in [-0.3, -0.25) is 4.79 Å². The van der Waals surface area contributed by atoms with Gasteiger partial charge in [-0.15, -0.1) is 24.5 Å². The highest BCUT2D eigenvalue weighted by atomic mass is 32.1. The number of nitrogens with one attached hydrogen (secondary N) is 1. The highest BCUT2D eigenvalue weighted by Gasteiger charge is 2.31. The summed E-state index contributed by atoms with van der Waals surface area (Å²) < 4.78 is 41.7. The first kappa shape index (κ1) is 15.3. The molecule has 23 heavy (non-hydrogen) atoms. The molecule has 0 atom stereocenters. The monoisotopic (exact) mass is 341 g/mol. The van der Waals surface area contributed by atoms with E-state index in [9.17, 15) is 18.0 Å². The Morgan fingerprint density at radius 3 is 2.61 bits per heavy atom. The van der Waals surface area contributed by atoms with Gasteiger partial charge >= 0.3 is 6.36 Å². The zero-order valence-corrected chi connectivity index (χ0v) is 12.5. The smallest absolute Gasteiger partial charge is 0.406 e.